The van der Waals surface area contributed by atoms with Crippen LogP contribution in [0.25, 0.3) is 16.7 Å². The van der Waals surface area contributed by atoms with Crippen LogP contribution in [-0.2, 0) is 23.0 Å². The summed E-state index contributed by atoms with van der Waals surface area (Å²) in [6.07, 6.45) is 0.0833. The minimum Gasteiger partial charge on any atom is -0.467 e. The Morgan fingerprint density at radius 1 is 1.08 bits per heavy atom. The number of rotatable bonds is 7. The Morgan fingerprint density at radius 3 is 2.41 bits per heavy atom. The lowest BCUT2D eigenvalue weighted by Crippen LogP contribution is -2.43. The monoisotopic (exact) mass is 524 g/mol. The van der Waals surface area contributed by atoms with E-state index in [1.165, 1.54) is 19.2 Å². The van der Waals surface area contributed by atoms with Crippen molar-refractivity contribution in [1.82, 2.24) is 14.5 Å². The highest BCUT2D eigenvalue weighted by Gasteiger charge is 2.25. The summed E-state index contributed by atoms with van der Waals surface area (Å²) in [6.45, 7) is 0. The maximum absolute atomic E-state index is 14.2. The fraction of sp³-hybridized carbons (Fsp3) is 0.222. The molecule has 0 aliphatic heterocycles. The summed E-state index contributed by atoms with van der Waals surface area (Å²) in [5, 5.41) is 2.45. The van der Waals surface area contributed by atoms with E-state index in [0.717, 1.165) is 22.8 Å². The van der Waals surface area contributed by atoms with E-state index >= 15 is 0 Å². The van der Waals surface area contributed by atoms with Crippen molar-refractivity contribution in [3.05, 3.63) is 93.1 Å². The van der Waals surface area contributed by atoms with E-state index in [1.807, 2.05) is 37.2 Å². The van der Waals surface area contributed by atoms with Gasteiger partial charge in [-0.3, -0.25) is 13.9 Å². The van der Waals surface area contributed by atoms with Gasteiger partial charge in [0.15, 0.2) is 0 Å². The molecule has 0 aliphatic rings. The number of aromatic nitrogens is 2. The average Bonchev–Trinajstić information content (AvgIpc) is 3.12. The molecule has 10 heteroatoms. The number of anilines is 1. The number of ether oxygens (including phenoxy) is 1. The number of aryl methyl sites for hydroxylation is 1. The summed E-state index contributed by atoms with van der Waals surface area (Å²) in [6, 6.07) is 15.7. The number of halogens is 2. The van der Waals surface area contributed by atoms with Crippen molar-refractivity contribution in [2.24, 2.45) is 7.05 Å². The Morgan fingerprint density at radius 2 is 1.78 bits per heavy atom. The molecule has 1 atom stereocenters. The summed E-state index contributed by atoms with van der Waals surface area (Å²) >= 11 is 5.99. The molecule has 0 bridgehead atoms. The zero-order chi connectivity index (χ0) is 26.9. The van der Waals surface area contributed by atoms with Gasteiger partial charge in [0, 0.05) is 33.3 Å². The Bertz CT molecular complexity index is 1520. The number of imidazole rings is 1. The van der Waals surface area contributed by atoms with E-state index in [4.69, 9.17) is 16.3 Å². The van der Waals surface area contributed by atoms with E-state index in [9.17, 15) is 18.8 Å². The molecule has 0 spiro atoms. The van der Waals surface area contributed by atoms with Gasteiger partial charge in [-0.05, 0) is 48.0 Å². The second-order valence-electron chi connectivity index (χ2n) is 8.76. The third kappa shape index (κ3) is 5.08. The van der Waals surface area contributed by atoms with Crippen LogP contribution in [0, 0.1) is 5.82 Å². The fourth-order valence-electron chi connectivity index (χ4n) is 4.16. The van der Waals surface area contributed by atoms with Gasteiger partial charge >= 0.3 is 11.7 Å². The van der Waals surface area contributed by atoms with Crippen molar-refractivity contribution in [1.29, 1.82) is 0 Å². The van der Waals surface area contributed by atoms with E-state index < -0.39 is 23.7 Å². The highest BCUT2D eigenvalue weighted by Crippen LogP contribution is 2.23. The van der Waals surface area contributed by atoms with Crippen LogP contribution in [0.1, 0.15) is 15.9 Å². The highest BCUT2D eigenvalue weighted by atomic mass is 35.5. The normalized spacial score (nSPS) is 11.8. The largest absolute Gasteiger partial charge is 0.467 e. The number of hydrogen-bond donors (Lipinski definition) is 1. The number of fused-ring (bicyclic) bond motifs is 1. The number of methoxy groups -OCH3 is 1. The second kappa shape index (κ2) is 10.5. The molecule has 0 radical (unpaired) electrons. The van der Waals surface area contributed by atoms with E-state index in [1.54, 1.807) is 40.4 Å². The van der Waals surface area contributed by atoms with Gasteiger partial charge in [0.1, 0.15) is 11.9 Å². The maximum atomic E-state index is 14.2. The summed E-state index contributed by atoms with van der Waals surface area (Å²) in [7, 11) is 6.78. The van der Waals surface area contributed by atoms with Gasteiger partial charge in [0.2, 0.25) is 0 Å². The standard InChI is InChI=1S/C27H26ClFN4O4/c1-31(2)18-12-13-22-23(15-18)33(27(36)32(22)3)17-10-8-16(9-11-17)14-21(26(35)37-4)30-25(34)24-19(28)6-5-7-20(24)29/h5-13,15,21H,14H2,1-4H3,(H,30,34)/t21-/m0/s1. The van der Waals surface area contributed by atoms with Crippen LogP contribution in [-0.4, -0.2) is 48.3 Å². The fourth-order valence-corrected chi connectivity index (χ4v) is 4.40. The SMILES string of the molecule is COC(=O)[C@H](Cc1ccc(-n2c(=O)n(C)c3ccc(N(C)C)cc32)cc1)NC(=O)c1c(F)cccc1Cl. The summed E-state index contributed by atoms with van der Waals surface area (Å²) in [5.41, 5.74) is 3.30. The van der Waals surface area contributed by atoms with E-state index in [2.05, 4.69) is 5.32 Å². The number of carbonyl (C=O) groups is 2. The molecule has 0 saturated heterocycles. The van der Waals surface area contributed by atoms with Gasteiger partial charge < -0.3 is 15.0 Å². The molecule has 192 valence electrons. The lowest BCUT2D eigenvalue weighted by molar-refractivity contribution is -0.142. The first-order valence-corrected chi connectivity index (χ1v) is 11.8. The molecule has 3 aromatic carbocycles. The van der Waals surface area contributed by atoms with Crippen LogP contribution < -0.4 is 15.9 Å². The quantitative estimate of drug-likeness (QED) is 0.373. The van der Waals surface area contributed by atoms with Gasteiger partial charge in [-0.25, -0.2) is 14.0 Å². The van der Waals surface area contributed by atoms with Crippen LogP contribution >= 0.6 is 11.6 Å². The third-order valence-corrected chi connectivity index (χ3v) is 6.49. The van der Waals surface area contributed by atoms with Gasteiger partial charge in [-0.15, -0.1) is 0 Å². The number of benzene rings is 3. The molecule has 1 N–H and O–H groups in total. The smallest absolute Gasteiger partial charge is 0.333 e. The van der Waals surface area contributed by atoms with Crippen LogP contribution in [0.4, 0.5) is 10.1 Å². The highest BCUT2D eigenvalue weighted by molar-refractivity contribution is 6.33. The topological polar surface area (TPSA) is 85.6 Å². The number of nitrogens with zero attached hydrogens (tertiary/aromatic N) is 3. The zero-order valence-electron chi connectivity index (χ0n) is 20.8. The van der Waals surface area contributed by atoms with Crippen LogP contribution in [0.3, 0.4) is 0 Å². The molecule has 0 unspecified atom stereocenters. The predicted molar refractivity (Wildman–Crippen MR) is 141 cm³/mol. The zero-order valence-corrected chi connectivity index (χ0v) is 21.5. The van der Waals surface area contributed by atoms with Gasteiger partial charge in [-0.1, -0.05) is 29.8 Å². The number of hydrogen-bond acceptors (Lipinski definition) is 5. The predicted octanol–water partition coefficient (Wildman–Crippen LogP) is 3.70. The Balaban J connectivity index is 1.63. The molecular formula is C27H26ClFN4O4. The molecule has 1 amide bonds. The van der Waals surface area contributed by atoms with Gasteiger partial charge in [-0.2, -0.15) is 0 Å². The average molecular weight is 525 g/mol. The molecule has 1 aromatic heterocycles. The first kappa shape index (κ1) is 26.0. The van der Waals surface area contributed by atoms with Crippen LogP contribution in [0.5, 0.6) is 0 Å². The summed E-state index contributed by atoms with van der Waals surface area (Å²) < 4.78 is 22.2. The van der Waals surface area contributed by atoms with Crippen molar-refractivity contribution in [3.63, 3.8) is 0 Å². The molecule has 4 rings (SSSR count). The van der Waals surface area contributed by atoms with E-state index in [0.29, 0.717) is 11.3 Å². The molecule has 8 nitrogen and oxygen atoms in total. The number of nitrogens with one attached hydrogen (secondary N) is 1. The summed E-state index contributed by atoms with van der Waals surface area (Å²) in [5.74, 6) is -2.31. The molecule has 1 heterocycles. The molecule has 4 aromatic rings. The maximum Gasteiger partial charge on any atom is 0.333 e. The third-order valence-electron chi connectivity index (χ3n) is 6.17. The van der Waals surface area contributed by atoms with E-state index in [-0.39, 0.29) is 22.7 Å². The van der Waals surface area contributed by atoms with Crippen LogP contribution in [0.15, 0.2) is 65.5 Å². The second-order valence-corrected chi connectivity index (χ2v) is 9.17. The molecule has 37 heavy (non-hydrogen) atoms. The van der Waals surface area contributed by atoms with Crippen LogP contribution in [0.2, 0.25) is 5.02 Å². The molecule has 0 saturated carbocycles. The van der Waals surface area contributed by atoms with Crippen molar-refractivity contribution in [2.75, 3.05) is 26.1 Å². The Hall–Kier alpha value is -4.11. The van der Waals surface area contributed by atoms with Gasteiger partial charge in [0.25, 0.3) is 5.91 Å². The lowest BCUT2D eigenvalue weighted by Gasteiger charge is -2.17. The molecule has 0 aliphatic carbocycles. The molecule has 0 fully saturated rings. The van der Waals surface area contributed by atoms with Crippen molar-refractivity contribution >= 4 is 40.2 Å². The Labute approximate surface area is 217 Å². The number of amides is 1. The number of carbonyl (C=O) groups excluding carboxylic acids is 2. The summed E-state index contributed by atoms with van der Waals surface area (Å²) in [4.78, 5) is 40.1. The van der Waals surface area contributed by atoms with Crippen molar-refractivity contribution < 1.29 is 18.7 Å². The number of esters is 1. The van der Waals surface area contributed by atoms with Crippen molar-refractivity contribution in [2.45, 2.75) is 12.5 Å². The van der Waals surface area contributed by atoms with Gasteiger partial charge in [0.05, 0.1) is 34.4 Å². The minimum atomic E-state index is -1.08. The minimum absolute atomic E-state index is 0.0663. The lowest BCUT2D eigenvalue weighted by atomic mass is 10.0. The molecular weight excluding hydrogens is 499 g/mol. The van der Waals surface area contributed by atoms with Crippen molar-refractivity contribution in [3.8, 4) is 5.69 Å². The first-order chi connectivity index (χ1) is 17.6. The Kier molecular flexibility index (Phi) is 7.35. The first-order valence-electron chi connectivity index (χ1n) is 11.4.